The minimum absolute atomic E-state index is 0.174. The molecule has 3 nitrogen and oxygen atoms in total. The van der Waals surface area contributed by atoms with E-state index < -0.39 is 0 Å². The predicted molar refractivity (Wildman–Crippen MR) is 110 cm³/mol. The summed E-state index contributed by atoms with van der Waals surface area (Å²) in [6.07, 6.45) is 8.43. The lowest BCUT2D eigenvalue weighted by Gasteiger charge is -2.59. The summed E-state index contributed by atoms with van der Waals surface area (Å²) in [5.41, 5.74) is 0.547. The Balaban J connectivity index is 1.36. The fraction of sp³-hybridized carbons (Fsp3) is 0.696. The molecule has 1 N–H and O–H groups in total. The van der Waals surface area contributed by atoms with Crippen molar-refractivity contribution in [3.8, 4) is 0 Å². The second kappa shape index (κ2) is 6.80. The Morgan fingerprint density at radius 2 is 1.89 bits per heavy atom. The Morgan fingerprint density at radius 1 is 1.18 bits per heavy atom. The van der Waals surface area contributed by atoms with E-state index in [1.807, 2.05) is 6.07 Å². The highest BCUT2D eigenvalue weighted by molar-refractivity contribution is 9.10. The van der Waals surface area contributed by atoms with Crippen LogP contribution in [0, 0.1) is 23.1 Å². The minimum atomic E-state index is -0.232. The van der Waals surface area contributed by atoms with Crippen molar-refractivity contribution in [1.82, 2.24) is 5.32 Å². The van der Waals surface area contributed by atoms with E-state index in [1.54, 1.807) is 12.1 Å². The van der Waals surface area contributed by atoms with Crippen molar-refractivity contribution < 1.29 is 13.9 Å². The fourth-order valence-corrected chi connectivity index (χ4v) is 8.45. The molecule has 4 bridgehead atoms. The number of amides is 1. The molecule has 1 amide bonds. The lowest BCUT2D eigenvalue weighted by molar-refractivity contribution is -0.144. The third-order valence-corrected chi connectivity index (χ3v) is 8.87. The Kier molecular flexibility index (Phi) is 4.63. The second-order valence-electron chi connectivity index (χ2n) is 9.98. The highest BCUT2D eigenvalue weighted by atomic mass is 79.9. The van der Waals surface area contributed by atoms with Gasteiger partial charge in [0.15, 0.2) is 0 Å². The highest BCUT2D eigenvalue weighted by Gasteiger charge is 2.59. The number of nitrogens with one attached hydrogen (secondary N) is 1. The van der Waals surface area contributed by atoms with E-state index in [0.717, 1.165) is 37.7 Å². The van der Waals surface area contributed by atoms with Gasteiger partial charge in [-0.1, -0.05) is 28.1 Å². The topological polar surface area (TPSA) is 38.3 Å². The zero-order valence-corrected chi connectivity index (χ0v) is 17.9. The van der Waals surface area contributed by atoms with E-state index >= 15 is 0 Å². The van der Waals surface area contributed by atoms with Crippen molar-refractivity contribution in [3.63, 3.8) is 0 Å². The molecule has 1 aromatic rings. The molecular weight excluding hydrogens is 421 g/mol. The first-order chi connectivity index (χ1) is 13.4. The van der Waals surface area contributed by atoms with Crippen LogP contribution < -0.4 is 5.32 Å². The summed E-state index contributed by atoms with van der Waals surface area (Å²) in [6, 6.07) is 6.89. The summed E-state index contributed by atoms with van der Waals surface area (Å²) < 4.78 is 19.7. The van der Waals surface area contributed by atoms with Crippen molar-refractivity contribution in [2.24, 2.45) is 17.3 Å². The summed E-state index contributed by atoms with van der Waals surface area (Å²) in [5, 5.41) is 3.35. The van der Waals surface area contributed by atoms with Gasteiger partial charge in [-0.25, -0.2) is 4.39 Å². The smallest absolute Gasteiger partial charge is 0.226 e. The molecule has 2 atom stereocenters. The number of ether oxygens (including phenoxy) is 1. The van der Waals surface area contributed by atoms with Crippen LogP contribution in [0.1, 0.15) is 56.9 Å². The minimum Gasteiger partial charge on any atom is -0.381 e. The molecule has 4 aliphatic carbocycles. The summed E-state index contributed by atoms with van der Waals surface area (Å²) in [6.45, 7) is 1.89. The van der Waals surface area contributed by atoms with E-state index in [-0.39, 0.29) is 26.9 Å². The maximum atomic E-state index is 13.9. The maximum absolute atomic E-state index is 13.9. The first-order valence-electron chi connectivity index (χ1n) is 10.7. The van der Waals surface area contributed by atoms with Crippen LogP contribution in [0.5, 0.6) is 0 Å². The summed E-state index contributed by atoms with van der Waals surface area (Å²) in [4.78, 5) is 13.5. The van der Waals surface area contributed by atoms with Gasteiger partial charge in [-0.3, -0.25) is 4.79 Å². The van der Waals surface area contributed by atoms with Crippen LogP contribution in [-0.4, -0.2) is 30.0 Å². The Hall–Kier alpha value is -0.940. The fourth-order valence-electron chi connectivity index (χ4n) is 7.00. The molecule has 0 aromatic heterocycles. The van der Waals surface area contributed by atoms with Gasteiger partial charge in [0.05, 0.1) is 5.41 Å². The quantitative estimate of drug-likeness (QED) is 0.674. The van der Waals surface area contributed by atoms with Gasteiger partial charge in [-0.15, -0.1) is 0 Å². The van der Waals surface area contributed by atoms with Crippen LogP contribution in [-0.2, 0) is 14.9 Å². The third kappa shape index (κ3) is 3.23. The third-order valence-electron chi connectivity index (χ3n) is 7.95. The Morgan fingerprint density at radius 3 is 2.54 bits per heavy atom. The number of hydrogen-bond acceptors (Lipinski definition) is 2. The van der Waals surface area contributed by atoms with Crippen molar-refractivity contribution in [3.05, 3.63) is 35.6 Å². The number of rotatable bonds is 4. The molecule has 0 radical (unpaired) electrons. The van der Waals surface area contributed by atoms with E-state index in [9.17, 15) is 9.18 Å². The predicted octanol–water partition coefficient (Wildman–Crippen LogP) is 4.72. The molecule has 6 rings (SSSR count). The molecule has 2 unspecified atom stereocenters. The van der Waals surface area contributed by atoms with Crippen molar-refractivity contribution in [1.29, 1.82) is 0 Å². The van der Waals surface area contributed by atoms with Crippen molar-refractivity contribution in [2.75, 3.05) is 19.8 Å². The zero-order valence-electron chi connectivity index (χ0n) is 16.3. The van der Waals surface area contributed by atoms with Gasteiger partial charge in [0.2, 0.25) is 5.91 Å². The Bertz CT molecular complexity index is 762. The van der Waals surface area contributed by atoms with Gasteiger partial charge in [-0.05, 0) is 80.9 Å². The molecule has 1 heterocycles. The van der Waals surface area contributed by atoms with Gasteiger partial charge in [0.1, 0.15) is 5.82 Å². The SMILES string of the molecule is O=C(NCC1(c2cccc(F)c2)CCOCC1)C12CC3CC(CC(Br)(C3)C1)C2. The zero-order chi connectivity index (χ0) is 19.4. The molecule has 0 spiro atoms. The first kappa shape index (κ1) is 19.0. The van der Waals surface area contributed by atoms with Gasteiger partial charge < -0.3 is 10.1 Å². The average molecular weight is 450 g/mol. The van der Waals surface area contributed by atoms with Gasteiger partial charge in [-0.2, -0.15) is 0 Å². The number of halogens is 2. The van der Waals surface area contributed by atoms with Gasteiger partial charge in [0, 0.05) is 29.5 Å². The summed E-state index contributed by atoms with van der Waals surface area (Å²) in [5.74, 6) is 1.39. The van der Waals surface area contributed by atoms with Crippen LogP contribution in [0.2, 0.25) is 0 Å². The molecule has 1 aromatic carbocycles. The number of hydrogen-bond donors (Lipinski definition) is 1. The largest absolute Gasteiger partial charge is 0.381 e. The van der Waals surface area contributed by atoms with Crippen molar-refractivity contribution >= 4 is 21.8 Å². The second-order valence-corrected chi connectivity index (χ2v) is 11.7. The molecule has 5 aliphatic rings. The molecule has 4 saturated carbocycles. The number of benzene rings is 1. The average Bonchev–Trinajstić information content (AvgIpc) is 2.65. The van der Waals surface area contributed by atoms with E-state index in [0.29, 0.717) is 31.6 Å². The molecule has 1 aliphatic heterocycles. The lowest BCUT2D eigenvalue weighted by Crippen LogP contribution is -2.59. The molecular formula is C23H29BrFNO2. The van der Waals surface area contributed by atoms with Gasteiger partial charge in [0.25, 0.3) is 0 Å². The van der Waals surface area contributed by atoms with E-state index in [2.05, 4.69) is 21.2 Å². The maximum Gasteiger partial charge on any atom is 0.226 e. The number of carbonyl (C=O) groups is 1. The van der Waals surface area contributed by atoms with Crippen LogP contribution in [0.25, 0.3) is 0 Å². The molecule has 5 fully saturated rings. The highest BCUT2D eigenvalue weighted by Crippen LogP contribution is 2.64. The summed E-state index contributed by atoms with van der Waals surface area (Å²) >= 11 is 4.01. The van der Waals surface area contributed by atoms with Crippen LogP contribution >= 0.6 is 15.9 Å². The molecule has 152 valence electrons. The normalized spacial score (nSPS) is 38.4. The monoisotopic (exact) mass is 449 g/mol. The lowest BCUT2D eigenvalue weighted by atomic mass is 9.49. The van der Waals surface area contributed by atoms with Crippen LogP contribution in [0.3, 0.4) is 0 Å². The Labute approximate surface area is 174 Å². The first-order valence-corrected chi connectivity index (χ1v) is 11.5. The van der Waals surface area contributed by atoms with Crippen molar-refractivity contribution in [2.45, 2.75) is 61.1 Å². The summed E-state index contributed by atoms with van der Waals surface area (Å²) in [7, 11) is 0. The number of alkyl halides is 1. The standard InChI is InChI=1S/C23H29BrFNO2/c24-23-12-16-8-17(13-23)11-22(10-16,14-23)20(27)26-15-21(4-6-28-7-5-21)18-2-1-3-19(25)9-18/h1-3,9,16-17H,4-8,10-15H2,(H,26,27). The number of carbonyl (C=O) groups excluding carboxylic acids is 1. The van der Waals surface area contributed by atoms with Gasteiger partial charge >= 0.3 is 0 Å². The van der Waals surface area contributed by atoms with Crippen LogP contribution in [0.15, 0.2) is 24.3 Å². The molecule has 1 saturated heterocycles. The molecule has 5 heteroatoms. The molecule has 28 heavy (non-hydrogen) atoms. The van der Waals surface area contributed by atoms with E-state index in [1.165, 1.54) is 25.3 Å². The van der Waals surface area contributed by atoms with Crippen LogP contribution in [0.4, 0.5) is 4.39 Å². The van der Waals surface area contributed by atoms with E-state index in [4.69, 9.17) is 4.74 Å².